The molecule has 0 heterocycles. The summed E-state index contributed by atoms with van der Waals surface area (Å²) in [6.45, 7) is 9.04. The van der Waals surface area contributed by atoms with E-state index in [1.807, 2.05) is 19.1 Å². The minimum atomic E-state index is -4.87. The van der Waals surface area contributed by atoms with Crippen molar-refractivity contribution in [1.29, 1.82) is 5.26 Å². The fourth-order valence-electron chi connectivity index (χ4n) is 2.81. The second kappa shape index (κ2) is 13.1. The van der Waals surface area contributed by atoms with Crippen molar-refractivity contribution in [2.24, 2.45) is 0 Å². The van der Waals surface area contributed by atoms with Gasteiger partial charge >= 0.3 is 12.5 Å². The topological polar surface area (TPSA) is 71.8 Å². The van der Waals surface area contributed by atoms with Gasteiger partial charge in [-0.15, -0.1) is 13.2 Å². The SMILES string of the molecule is C/C=C(/CC#N)OC(/C=C/C)CCN(Cc1ccc(OC(F)(F)F)c(Cl)c1)C(=O)OC(C)(C)C. The summed E-state index contributed by atoms with van der Waals surface area (Å²) in [4.78, 5) is 14.3. The molecule has 0 N–H and O–H groups in total. The van der Waals surface area contributed by atoms with Gasteiger partial charge in [0, 0.05) is 19.5 Å². The second-order valence-electron chi connectivity index (χ2n) is 8.28. The van der Waals surface area contributed by atoms with Gasteiger partial charge < -0.3 is 19.1 Å². The van der Waals surface area contributed by atoms with E-state index < -0.39 is 29.9 Å². The molecular weight excluding hydrogens is 473 g/mol. The second-order valence-corrected chi connectivity index (χ2v) is 8.68. The van der Waals surface area contributed by atoms with E-state index in [1.54, 1.807) is 39.8 Å². The number of benzene rings is 1. The van der Waals surface area contributed by atoms with Crippen LogP contribution in [0.25, 0.3) is 0 Å². The van der Waals surface area contributed by atoms with E-state index in [-0.39, 0.29) is 24.5 Å². The third kappa shape index (κ3) is 11.3. The summed E-state index contributed by atoms with van der Waals surface area (Å²) in [7, 11) is 0. The Kier molecular flexibility index (Phi) is 11.3. The van der Waals surface area contributed by atoms with Crippen molar-refractivity contribution >= 4 is 17.7 Å². The van der Waals surface area contributed by atoms with E-state index in [4.69, 9.17) is 26.3 Å². The Morgan fingerprint density at radius 2 is 1.94 bits per heavy atom. The summed E-state index contributed by atoms with van der Waals surface area (Å²) in [6.07, 6.45) is -0.0386. The van der Waals surface area contributed by atoms with Crippen LogP contribution in [0.3, 0.4) is 0 Å². The van der Waals surface area contributed by atoms with Crippen LogP contribution in [0.1, 0.15) is 53.0 Å². The van der Waals surface area contributed by atoms with Crippen LogP contribution in [-0.4, -0.2) is 35.6 Å². The zero-order valence-corrected chi connectivity index (χ0v) is 20.7. The van der Waals surface area contributed by atoms with Crippen LogP contribution in [0.2, 0.25) is 5.02 Å². The zero-order chi connectivity index (χ0) is 25.9. The summed E-state index contributed by atoms with van der Waals surface area (Å²) in [5, 5.41) is 8.70. The maximum Gasteiger partial charge on any atom is 0.573 e. The number of nitriles is 1. The van der Waals surface area contributed by atoms with Crippen molar-refractivity contribution in [2.75, 3.05) is 6.54 Å². The Morgan fingerprint density at radius 3 is 2.44 bits per heavy atom. The molecule has 1 rings (SSSR count). The molecule has 1 aromatic carbocycles. The van der Waals surface area contributed by atoms with Gasteiger partial charge in [0.25, 0.3) is 0 Å². The van der Waals surface area contributed by atoms with Crippen LogP contribution in [0, 0.1) is 11.3 Å². The molecule has 10 heteroatoms. The molecule has 0 spiro atoms. The number of hydrogen-bond acceptors (Lipinski definition) is 5. The first-order valence-electron chi connectivity index (χ1n) is 10.6. The number of amides is 1. The molecule has 0 aliphatic rings. The van der Waals surface area contributed by atoms with E-state index in [2.05, 4.69) is 4.74 Å². The number of nitrogens with zero attached hydrogens (tertiary/aromatic N) is 2. The molecule has 0 bridgehead atoms. The van der Waals surface area contributed by atoms with Crippen molar-refractivity contribution < 1.29 is 32.2 Å². The molecule has 0 aromatic heterocycles. The van der Waals surface area contributed by atoms with E-state index in [1.165, 1.54) is 17.0 Å². The smallest absolute Gasteiger partial charge is 0.490 e. The van der Waals surface area contributed by atoms with Crippen LogP contribution in [0.4, 0.5) is 18.0 Å². The summed E-state index contributed by atoms with van der Waals surface area (Å²) in [5.41, 5.74) is -0.255. The third-order valence-corrected chi connectivity index (χ3v) is 4.51. The highest BCUT2D eigenvalue weighted by atomic mass is 35.5. The van der Waals surface area contributed by atoms with Crippen molar-refractivity contribution in [1.82, 2.24) is 4.90 Å². The van der Waals surface area contributed by atoms with Gasteiger partial charge in [-0.25, -0.2) is 4.79 Å². The zero-order valence-electron chi connectivity index (χ0n) is 19.9. The maximum absolute atomic E-state index is 12.8. The highest BCUT2D eigenvalue weighted by Gasteiger charge is 2.32. The van der Waals surface area contributed by atoms with Gasteiger partial charge in [0.15, 0.2) is 0 Å². The molecule has 0 saturated carbocycles. The highest BCUT2D eigenvalue weighted by molar-refractivity contribution is 6.32. The Morgan fingerprint density at radius 1 is 1.26 bits per heavy atom. The molecule has 1 aromatic rings. The average Bonchev–Trinajstić information content (AvgIpc) is 2.70. The van der Waals surface area contributed by atoms with Crippen LogP contribution in [0.5, 0.6) is 5.75 Å². The van der Waals surface area contributed by atoms with Gasteiger partial charge in [-0.2, -0.15) is 5.26 Å². The maximum atomic E-state index is 12.8. The van der Waals surface area contributed by atoms with Gasteiger partial charge in [-0.3, -0.25) is 0 Å². The summed E-state index contributed by atoms with van der Waals surface area (Å²) < 4.78 is 52.8. The Hall–Kier alpha value is -2.86. The van der Waals surface area contributed by atoms with Gasteiger partial charge in [0.05, 0.1) is 17.5 Å². The quantitative estimate of drug-likeness (QED) is 0.251. The van der Waals surface area contributed by atoms with Crippen molar-refractivity contribution in [3.05, 3.63) is 52.8 Å². The average molecular weight is 503 g/mol. The van der Waals surface area contributed by atoms with Gasteiger partial charge in [-0.1, -0.05) is 23.7 Å². The first-order valence-corrected chi connectivity index (χ1v) is 11.0. The lowest BCUT2D eigenvalue weighted by molar-refractivity contribution is -0.274. The lowest BCUT2D eigenvalue weighted by Crippen LogP contribution is -2.38. The number of halogens is 4. The number of carbonyl (C=O) groups is 1. The van der Waals surface area contributed by atoms with E-state index in [0.29, 0.717) is 17.7 Å². The molecule has 6 nitrogen and oxygen atoms in total. The summed E-state index contributed by atoms with van der Waals surface area (Å²) >= 11 is 5.96. The van der Waals surface area contributed by atoms with E-state index >= 15 is 0 Å². The largest absolute Gasteiger partial charge is 0.573 e. The van der Waals surface area contributed by atoms with Crippen molar-refractivity contribution in [3.8, 4) is 11.8 Å². The summed E-state index contributed by atoms with van der Waals surface area (Å²) in [5.74, 6) is -0.0129. The van der Waals surface area contributed by atoms with Crippen molar-refractivity contribution in [3.63, 3.8) is 0 Å². The predicted molar refractivity (Wildman–Crippen MR) is 123 cm³/mol. The van der Waals surface area contributed by atoms with Crippen LogP contribution < -0.4 is 4.74 Å². The standard InChI is InChI=1S/C24H30ClF3N2O4/c1-6-8-19(32-18(7-2)11-13-29)12-14-30(22(31)34-23(3,4)5)16-17-9-10-21(20(25)15-17)33-24(26,27)28/h6-10,15,19H,11-12,14,16H2,1-5H3/b8-6+,18-7-. The number of ether oxygens (including phenoxy) is 3. The fourth-order valence-corrected chi connectivity index (χ4v) is 3.05. The molecule has 0 aliphatic heterocycles. The Bertz CT molecular complexity index is 918. The Balaban J connectivity index is 3.06. The molecular formula is C24H30ClF3N2O4. The normalized spacial score (nSPS) is 13.4. The molecule has 0 saturated heterocycles. The predicted octanol–water partition coefficient (Wildman–Crippen LogP) is 7.14. The molecule has 0 aliphatic carbocycles. The number of carbonyl (C=O) groups excluding carboxylic acids is 1. The molecule has 0 radical (unpaired) electrons. The molecule has 1 amide bonds. The minimum Gasteiger partial charge on any atom is -0.490 e. The Labute approximate surface area is 203 Å². The van der Waals surface area contributed by atoms with Crippen molar-refractivity contribution in [2.45, 2.75) is 72.1 Å². The van der Waals surface area contributed by atoms with Gasteiger partial charge in [0.1, 0.15) is 23.2 Å². The first kappa shape index (κ1) is 29.2. The van der Waals surface area contributed by atoms with Crippen LogP contribution >= 0.6 is 11.6 Å². The number of alkyl halides is 3. The first-order chi connectivity index (χ1) is 15.8. The van der Waals surface area contributed by atoms with E-state index in [9.17, 15) is 18.0 Å². The summed E-state index contributed by atoms with van der Waals surface area (Å²) in [6, 6.07) is 5.85. The van der Waals surface area contributed by atoms with Gasteiger partial charge in [0.2, 0.25) is 0 Å². The highest BCUT2D eigenvalue weighted by Crippen LogP contribution is 2.31. The molecule has 1 unspecified atom stereocenters. The number of rotatable bonds is 10. The third-order valence-electron chi connectivity index (χ3n) is 4.22. The lowest BCUT2D eigenvalue weighted by Gasteiger charge is -2.29. The lowest BCUT2D eigenvalue weighted by atomic mass is 10.1. The van der Waals surface area contributed by atoms with Crippen LogP contribution in [-0.2, 0) is 16.0 Å². The van der Waals surface area contributed by atoms with E-state index in [0.717, 1.165) is 6.07 Å². The molecule has 1 atom stereocenters. The fraction of sp³-hybridized carbons (Fsp3) is 0.500. The molecule has 34 heavy (non-hydrogen) atoms. The monoisotopic (exact) mass is 502 g/mol. The van der Waals surface area contributed by atoms with Crippen LogP contribution in [0.15, 0.2) is 42.2 Å². The molecule has 0 fully saturated rings. The minimum absolute atomic E-state index is 0.0398. The molecule has 188 valence electrons. The van der Waals surface area contributed by atoms with Gasteiger partial charge in [-0.05, 0) is 64.5 Å². The number of allylic oxidation sites excluding steroid dienone is 3. The number of hydrogen-bond donors (Lipinski definition) is 0.